The fraction of sp³-hybridized carbons (Fsp3) is 0.364. The summed E-state index contributed by atoms with van der Waals surface area (Å²) in [6, 6.07) is 7.28. The van der Waals surface area contributed by atoms with Crippen LogP contribution in [0.1, 0.15) is 13.3 Å². The molecule has 1 rings (SSSR count). The second-order valence-corrected chi connectivity index (χ2v) is 3.44. The minimum atomic E-state index is -0.877. The van der Waals surface area contributed by atoms with E-state index in [1.807, 2.05) is 12.1 Å². The van der Waals surface area contributed by atoms with Crippen LogP contribution in [0.2, 0.25) is 0 Å². The van der Waals surface area contributed by atoms with Gasteiger partial charge in [0.1, 0.15) is 6.10 Å². The average molecular weight is 208 g/mol. The lowest BCUT2D eigenvalue weighted by Gasteiger charge is -2.07. The molecule has 0 spiro atoms. The number of aliphatic hydroxyl groups is 1. The molecule has 0 aliphatic carbocycles. The maximum absolute atomic E-state index is 11.1. The van der Waals surface area contributed by atoms with E-state index in [4.69, 9.17) is 10.8 Å². The van der Waals surface area contributed by atoms with E-state index in [9.17, 15) is 4.79 Å². The molecule has 4 heteroatoms. The van der Waals surface area contributed by atoms with E-state index < -0.39 is 6.10 Å². The summed E-state index contributed by atoms with van der Waals surface area (Å²) >= 11 is 0. The van der Waals surface area contributed by atoms with Crippen molar-refractivity contribution in [2.24, 2.45) is 0 Å². The first kappa shape index (κ1) is 11.5. The fourth-order valence-electron chi connectivity index (χ4n) is 1.14. The zero-order valence-electron chi connectivity index (χ0n) is 8.73. The lowest BCUT2D eigenvalue weighted by Crippen LogP contribution is -2.19. The van der Waals surface area contributed by atoms with Gasteiger partial charge in [-0.2, -0.15) is 0 Å². The van der Waals surface area contributed by atoms with Crippen molar-refractivity contribution < 1.29 is 9.90 Å². The van der Waals surface area contributed by atoms with Crippen molar-refractivity contribution >= 4 is 17.2 Å². The number of nitrogens with two attached hydrogens (primary N) is 1. The Labute approximate surface area is 89.1 Å². The third kappa shape index (κ3) is 3.99. The van der Waals surface area contributed by atoms with Crippen molar-refractivity contribution in [3.05, 3.63) is 24.3 Å². The van der Waals surface area contributed by atoms with E-state index in [1.54, 1.807) is 12.1 Å². The van der Waals surface area contributed by atoms with Gasteiger partial charge in [0.15, 0.2) is 5.78 Å². The highest BCUT2D eigenvalue weighted by Gasteiger charge is 2.07. The molecule has 82 valence electrons. The van der Waals surface area contributed by atoms with Crippen LogP contribution in [-0.4, -0.2) is 23.5 Å². The van der Waals surface area contributed by atoms with E-state index in [0.29, 0.717) is 18.7 Å². The maximum Gasteiger partial charge on any atom is 0.162 e. The number of carbonyl (C=O) groups is 1. The molecule has 1 aromatic carbocycles. The first-order valence-electron chi connectivity index (χ1n) is 4.90. The molecule has 0 fully saturated rings. The van der Waals surface area contributed by atoms with E-state index >= 15 is 0 Å². The molecule has 1 atom stereocenters. The third-order valence-corrected chi connectivity index (χ3v) is 2.08. The number of nitrogens with one attached hydrogen (secondary N) is 1. The normalized spacial score (nSPS) is 12.1. The highest BCUT2D eigenvalue weighted by atomic mass is 16.3. The van der Waals surface area contributed by atoms with Gasteiger partial charge in [0.05, 0.1) is 0 Å². The zero-order chi connectivity index (χ0) is 11.3. The van der Waals surface area contributed by atoms with Crippen molar-refractivity contribution in [2.45, 2.75) is 19.4 Å². The van der Waals surface area contributed by atoms with Gasteiger partial charge >= 0.3 is 0 Å². The number of benzene rings is 1. The number of ketones is 1. The first-order chi connectivity index (χ1) is 7.09. The van der Waals surface area contributed by atoms with Gasteiger partial charge in [-0.15, -0.1) is 0 Å². The summed E-state index contributed by atoms with van der Waals surface area (Å²) in [7, 11) is 0. The standard InChI is InChI=1S/C11H16N2O2/c1-8(14)11(15)6-7-13-10-4-2-9(12)3-5-10/h2-5,8,13-14H,6-7,12H2,1H3. The molecule has 15 heavy (non-hydrogen) atoms. The summed E-state index contributed by atoms with van der Waals surface area (Å²) in [5.41, 5.74) is 7.16. The highest BCUT2D eigenvalue weighted by molar-refractivity contribution is 5.82. The highest BCUT2D eigenvalue weighted by Crippen LogP contribution is 2.10. The Morgan fingerprint density at radius 3 is 2.60 bits per heavy atom. The molecule has 1 aromatic rings. The zero-order valence-corrected chi connectivity index (χ0v) is 8.73. The lowest BCUT2D eigenvalue weighted by atomic mass is 10.2. The summed E-state index contributed by atoms with van der Waals surface area (Å²) < 4.78 is 0. The molecule has 0 aliphatic heterocycles. The molecule has 0 aliphatic rings. The van der Waals surface area contributed by atoms with Crippen LogP contribution >= 0.6 is 0 Å². The number of rotatable bonds is 5. The number of nitrogen functional groups attached to an aromatic ring is 1. The van der Waals surface area contributed by atoms with Crippen LogP contribution < -0.4 is 11.1 Å². The number of Topliss-reactive ketones (excluding diaryl/α,β-unsaturated/α-hetero) is 1. The third-order valence-electron chi connectivity index (χ3n) is 2.08. The molecule has 4 nitrogen and oxygen atoms in total. The fourth-order valence-corrected chi connectivity index (χ4v) is 1.14. The quantitative estimate of drug-likeness (QED) is 0.631. The summed E-state index contributed by atoms with van der Waals surface area (Å²) in [4.78, 5) is 11.1. The van der Waals surface area contributed by atoms with E-state index in [-0.39, 0.29) is 5.78 Å². The molecular formula is C11H16N2O2. The summed E-state index contributed by atoms with van der Waals surface area (Å²) in [5, 5.41) is 12.0. The van der Waals surface area contributed by atoms with E-state index in [2.05, 4.69) is 5.32 Å². The Hall–Kier alpha value is -1.55. The second kappa shape index (κ2) is 5.36. The molecular weight excluding hydrogens is 192 g/mol. The number of hydrogen-bond donors (Lipinski definition) is 3. The Balaban J connectivity index is 2.32. The van der Waals surface area contributed by atoms with Gasteiger partial charge in [-0.25, -0.2) is 0 Å². The van der Waals surface area contributed by atoms with Crippen molar-refractivity contribution in [3.63, 3.8) is 0 Å². The predicted molar refractivity (Wildman–Crippen MR) is 60.6 cm³/mol. The Kier molecular flexibility index (Phi) is 4.12. The van der Waals surface area contributed by atoms with Gasteiger partial charge in [-0.1, -0.05) is 0 Å². The number of aliphatic hydroxyl groups excluding tert-OH is 1. The monoisotopic (exact) mass is 208 g/mol. The minimum absolute atomic E-state index is 0.155. The number of carbonyl (C=O) groups excluding carboxylic acids is 1. The van der Waals surface area contributed by atoms with Crippen molar-refractivity contribution in [3.8, 4) is 0 Å². The van der Waals surface area contributed by atoms with Gasteiger partial charge in [0.2, 0.25) is 0 Å². The Bertz CT molecular complexity index is 320. The van der Waals surface area contributed by atoms with Crippen LogP contribution in [0, 0.1) is 0 Å². The number of anilines is 2. The molecule has 1 unspecified atom stereocenters. The lowest BCUT2D eigenvalue weighted by molar-refractivity contribution is -0.125. The molecule has 0 aromatic heterocycles. The Morgan fingerprint density at radius 2 is 2.07 bits per heavy atom. The van der Waals surface area contributed by atoms with E-state index in [1.165, 1.54) is 6.92 Å². The van der Waals surface area contributed by atoms with Gasteiger partial charge in [-0.05, 0) is 31.2 Å². The van der Waals surface area contributed by atoms with Gasteiger partial charge in [-0.3, -0.25) is 4.79 Å². The van der Waals surface area contributed by atoms with Gasteiger partial charge < -0.3 is 16.2 Å². The topological polar surface area (TPSA) is 75.3 Å². The van der Waals surface area contributed by atoms with E-state index in [0.717, 1.165) is 5.69 Å². The summed E-state index contributed by atoms with van der Waals surface area (Å²) in [6.45, 7) is 2.00. The smallest absolute Gasteiger partial charge is 0.162 e. The summed E-state index contributed by atoms with van der Waals surface area (Å²) in [6.07, 6.45) is -0.555. The largest absolute Gasteiger partial charge is 0.399 e. The molecule has 0 heterocycles. The first-order valence-corrected chi connectivity index (χ1v) is 4.90. The molecule has 0 saturated heterocycles. The van der Waals surface area contributed by atoms with Crippen LogP contribution in [0.3, 0.4) is 0 Å². The van der Waals surface area contributed by atoms with Crippen molar-refractivity contribution in [1.82, 2.24) is 0 Å². The summed E-state index contributed by atoms with van der Waals surface area (Å²) in [5.74, 6) is -0.155. The van der Waals surface area contributed by atoms with Gasteiger partial charge in [0, 0.05) is 24.3 Å². The molecule has 4 N–H and O–H groups in total. The van der Waals surface area contributed by atoms with Crippen LogP contribution in [0.15, 0.2) is 24.3 Å². The van der Waals surface area contributed by atoms with Crippen molar-refractivity contribution in [2.75, 3.05) is 17.6 Å². The molecule has 0 bridgehead atoms. The molecule has 0 saturated carbocycles. The SMILES string of the molecule is CC(O)C(=O)CCNc1ccc(N)cc1. The second-order valence-electron chi connectivity index (χ2n) is 3.44. The van der Waals surface area contributed by atoms with Crippen LogP contribution in [0.4, 0.5) is 11.4 Å². The van der Waals surface area contributed by atoms with Crippen LogP contribution in [-0.2, 0) is 4.79 Å². The molecule has 0 amide bonds. The van der Waals surface area contributed by atoms with Gasteiger partial charge in [0.25, 0.3) is 0 Å². The average Bonchev–Trinajstić information content (AvgIpc) is 2.20. The predicted octanol–water partition coefficient (Wildman–Crippen LogP) is 1.02. The van der Waals surface area contributed by atoms with Crippen LogP contribution in [0.25, 0.3) is 0 Å². The number of hydrogen-bond acceptors (Lipinski definition) is 4. The minimum Gasteiger partial charge on any atom is -0.399 e. The Morgan fingerprint density at radius 1 is 1.47 bits per heavy atom. The van der Waals surface area contributed by atoms with Crippen molar-refractivity contribution in [1.29, 1.82) is 0 Å². The molecule has 0 radical (unpaired) electrons. The maximum atomic E-state index is 11.1. The van der Waals surface area contributed by atoms with Crippen LogP contribution in [0.5, 0.6) is 0 Å².